The van der Waals surface area contributed by atoms with Crippen LogP contribution in [0.2, 0.25) is 0 Å². The zero-order valence-corrected chi connectivity index (χ0v) is 12.3. The highest BCUT2D eigenvalue weighted by Crippen LogP contribution is 2.54. The van der Waals surface area contributed by atoms with Crippen molar-refractivity contribution in [3.8, 4) is 28.7 Å². The molecule has 2 unspecified atom stereocenters. The van der Waals surface area contributed by atoms with Crippen molar-refractivity contribution < 1.29 is 24.1 Å². The zero-order valence-electron chi connectivity index (χ0n) is 12.3. The number of benzene rings is 2. The van der Waals surface area contributed by atoms with E-state index in [2.05, 4.69) is 0 Å². The molecule has 2 aromatic carbocycles. The number of hydrogen-bond acceptors (Lipinski definition) is 5. The number of methoxy groups -OCH3 is 2. The van der Waals surface area contributed by atoms with Gasteiger partial charge in [0.05, 0.1) is 26.7 Å². The predicted octanol–water partition coefficient (Wildman–Crippen LogP) is 3.02. The lowest BCUT2D eigenvalue weighted by atomic mass is 9.89. The van der Waals surface area contributed by atoms with Crippen molar-refractivity contribution in [3.63, 3.8) is 0 Å². The smallest absolute Gasteiger partial charge is 0.201 e. The van der Waals surface area contributed by atoms with Crippen molar-refractivity contribution >= 4 is 0 Å². The van der Waals surface area contributed by atoms with Gasteiger partial charge in [-0.15, -0.1) is 0 Å². The third kappa shape index (κ3) is 1.71. The molecule has 0 fully saturated rings. The van der Waals surface area contributed by atoms with Crippen molar-refractivity contribution in [3.05, 3.63) is 41.5 Å². The van der Waals surface area contributed by atoms with Gasteiger partial charge < -0.3 is 24.1 Å². The van der Waals surface area contributed by atoms with Crippen LogP contribution >= 0.6 is 0 Å². The van der Waals surface area contributed by atoms with Gasteiger partial charge in [0.15, 0.2) is 11.5 Å². The van der Waals surface area contributed by atoms with Gasteiger partial charge >= 0.3 is 0 Å². The average Bonchev–Trinajstić information content (AvgIpc) is 2.93. The highest BCUT2D eigenvalue weighted by Gasteiger charge is 2.42. The summed E-state index contributed by atoms with van der Waals surface area (Å²) < 4.78 is 22.3. The Kier molecular flexibility index (Phi) is 2.82. The second-order valence-corrected chi connectivity index (χ2v) is 5.39. The third-order valence-electron chi connectivity index (χ3n) is 4.30. The molecule has 0 saturated carbocycles. The standard InChI is InChI=1S/C17H16O5/c1-19-9-3-4-10-12-8-21-17-11(16(12)22-14(10)7-9)5-6-13(20-2)15(17)18/h3-7,12,16,18H,8H2,1-2H3. The molecule has 0 spiro atoms. The fourth-order valence-electron chi connectivity index (χ4n) is 3.17. The number of rotatable bonds is 2. The minimum atomic E-state index is -0.164. The first-order valence-electron chi connectivity index (χ1n) is 7.10. The lowest BCUT2D eigenvalue weighted by Gasteiger charge is -2.28. The predicted molar refractivity (Wildman–Crippen MR) is 79.3 cm³/mol. The van der Waals surface area contributed by atoms with Crippen LogP contribution in [0.15, 0.2) is 30.3 Å². The van der Waals surface area contributed by atoms with Crippen molar-refractivity contribution in [2.45, 2.75) is 12.0 Å². The fraction of sp³-hybridized carbons (Fsp3) is 0.294. The van der Waals surface area contributed by atoms with E-state index >= 15 is 0 Å². The van der Waals surface area contributed by atoms with Crippen molar-refractivity contribution in [2.75, 3.05) is 20.8 Å². The van der Waals surface area contributed by atoms with E-state index in [1.165, 1.54) is 7.11 Å². The van der Waals surface area contributed by atoms with Crippen molar-refractivity contribution in [1.29, 1.82) is 0 Å². The Bertz CT molecular complexity index is 740. The molecule has 5 nitrogen and oxygen atoms in total. The number of hydrogen-bond donors (Lipinski definition) is 1. The molecular formula is C17H16O5. The monoisotopic (exact) mass is 300 g/mol. The summed E-state index contributed by atoms with van der Waals surface area (Å²) in [6.45, 7) is 0.456. The molecule has 2 aliphatic rings. The van der Waals surface area contributed by atoms with Crippen LogP contribution in [0.3, 0.4) is 0 Å². The molecule has 1 N–H and O–H groups in total. The minimum absolute atomic E-state index is 0.0237. The Hall–Kier alpha value is -2.56. The van der Waals surface area contributed by atoms with E-state index in [0.29, 0.717) is 18.1 Å². The van der Waals surface area contributed by atoms with Crippen LogP contribution in [0.4, 0.5) is 0 Å². The summed E-state index contributed by atoms with van der Waals surface area (Å²) in [5, 5.41) is 10.2. The molecule has 4 rings (SSSR count). The van der Waals surface area contributed by atoms with Crippen LogP contribution in [0, 0.1) is 0 Å². The Balaban J connectivity index is 1.78. The molecular weight excluding hydrogens is 284 g/mol. The lowest BCUT2D eigenvalue weighted by Crippen LogP contribution is -2.23. The topological polar surface area (TPSA) is 57.2 Å². The normalized spacial score (nSPS) is 21.0. The average molecular weight is 300 g/mol. The maximum Gasteiger partial charge on any atom is 0.201 e. The summed E-state index contributed by atoms with van der Waals surface area (Å²) in [5.74, 6) is 2.55. The second kappa shape index (κ2) is 4.73. The molecule has 0 aromatic heterocycles. The molecule has 2 atom stereocenters. The lowest BCUT2D eigenvalue weighted by molar-refractivity contribution is 0.135. The Morgan fingerprint density at radius 3 is 2.68 bits per heavy atom. The summed E-state index contributed by atoms with van der Waals surface area (Å²) in [4.78, 5) is 0. The molecule has 2 aliphatic heterocycles. The molecule has 0 saturated heterocycles. The Labute approximate surface area is 128 Å². The largest absolute Gasteiger partial charge is 0.502 e. The highest BCUT2D eigenvalue weighted by molar-refractivity contribution is 5.59. The zero-order chi connectivity index (χ0) is 15.3. The van der Waals surface area contributed by atoms with E-state index in [1.807, 2.05) is 24.3 Å². The van der Waals surface area contributed by atoms with Gasteiger partial charge in [-0.3, -0.25) is 0 Å². The SMILES string of the molecule is COc1ccc2c(c1)OC1c3ccc(OC)c(O)c3OCC21. The molecule has 2 aromatic rings. The van der Waals surface area contributed by atoms with Crippen LogP contribution in [-0.4, -0.2) is 25.9 Å². The van der Waals surface area contributed by atoms with E-state index in [-0.39, 0.29) is 17.8 Å². The second-order valence-electron chi connectivity index (χ2n) is 5.39. The number of aromatic hydroxyl groups is 1. The van der Waals surface area contributed by atoms with Crippen LogP contribution in [0.5, 0.6) is 28.7 Å². The fourth-order valence-corrected chi connectivity index (χ4v) is 3.17. The number of phenolic OH excluding ortho intramolecular Hbond substituents is 1. The highest BCUT2D eigenvalue weighted by atomic mass is 16.5. The number of fused-ring (bicyclic) bond motifs is 5. The van der Waals surface area contributed by atoms with E-state index < -0.39 is 0 Å². The van der Waals surface area contributed by atoms with Crippen molar-refractivity contribution in [1.82, 2.24) is 0 Å². The molecule has 22 heavy (non-hydrogen) atoms. The van der Waals surface area contributed by atoms with E-state index in [9.17, 15) is 5.11 Å². The first-order chi connectivity index (χ1) is 10.7. The van der Waals surface area contributed by atoms with Gasteiger partial charge in [-0.2, -0.15) is 0 Å². The summed E-state index contributed by atoms with van der Waals surface area (Å²) in [5.41, 5.74) is 1.94. The maximum atomic E-state index is 10.2. The third-order valence-corrected chi connectivity index (χ3v) is 4.30. The van der Waals surface area contributed by atoms with Crippen molar-refractivity contribution in [2.24, 2.45) is 0 Å². The molecule has 114 valence electrons. The van der Waals surface area contributed by atoms with Gasteiger partial charge in [-0.25, -0.2) is 0 Å². The van der Waals surface area contributed by atoms with Gasteiger partial charge in [-0.1, -0.05) is 6.07 Å². The van der Waals surface area contributed by atoms with E-state index in [1.54, 1.807) is 13.2 Å². The van der Waals surface area contributed by atoms with E-state index in [4.69, 9.17) is 18.9 Å². The molecule has 0 aliphatic carbocycles. The van der Waals surface area contributed by atoms with Crippen LogP contribution in [0.1, 0.15) is 23.1 Å². The van der Waals surface area contributed by atoms with Gasteiger partial charge in [0.1, 0.15) is 17.6 Å². The van der Waals surface area contributed by atoms with E-state index in [0.717, 1.165) is 22.6 Å². The minimum Gasteiger partial charge on any atom is -0.502 e. The van der Waals surface area contributed by atoms with Crippen LogP contribution in [0.25, 0.3) is 0 Å². The summed E-state index contributed by atoms with van der Waals surface area (Å²) in [7, 11) is 3.15. The molecule has 2 heterocycles. The van der Waals surface area contributed by atoms with Crippen LogP contribution < -0.4 is 18.9 Å². The Morgan fingerprint density at radius 2 is 1.91 bits per heavy atom. The maximum absolute atomic E-state index is 10.2. The molecule has 0 amide bonds. The Morgan fingerprint density at radius 1 is 1.09 bits per heavy atom. The van der Waals surface area contributed by atoms with Gasteiger partial charge in [0.2, 0.25) is 5.75 Å². The first kappa shape index (κ1) is 13.1. The van der Waals surface area contributed by atoms with Gasteiger partial charge in [0.25, 0.3) is 0 Å². The van der Waals surface area contributed by atoms with Gasteiger partial charge in [-0.05, 0) is 18.2 Å². The summed E-state index contributed by atoms with van der Waals surface area (Å²) in [6, 6.07) is 9.43. The number of ether oxygens (including phenoxy) is 4. The molecule has 5 heteroatoms. The number of phenols is 1. The summed E-state index contributed by atoms with van der Waals surface area (Å²) >= 11 is 0. The quantitative estimate of drug-likeness (QED) is 0.924. The molecule has 0 bridgehead atoms. The van der Waals surface area contributed by atoms with Crippen LogP contribution in [-0.2, 0) is 0 Å². The first-order valence-corrected chi connectivity index (χ1v) is 7.10. The summed E-state index contributed by atoms with van der Waals surface area (Å²) in [6.07, 6.45) is -0.164. The molecule has 0 radical (unpaired) electrons. The van der Waals surface area contributed by atoms with Gasteiger partial charge in [0, 0.05) is 17.2 Å².